The number of morpholine rings is 1. The average molecular weight is 396 g/mol. The third kappa shape index (κ3) is 6.38. The van der Waals surface area contributed by atoms with E-state index in [1.165, 1.54) is 16.7 Å². The molecular weight excluding hydrogens is 356 g/mol. The maximum Gasteiger partial charge on any atom is 0.125 e. The van der Waals surface area contributed by atoms with Gasteiger partial charge in [-0.05, 0) is 34.4 Å². The predicted molar refractivity (Wildman–Crippen MR) is 114 cm³/mol. The van der Waals surface area contributed by atoms with Crippen molar-refractivity contribution >= 4 is 11.0 Å². The summed E-state index contributed by atoms with van der Waals surface area (Å²) >= 11 is 0. The van der Waals surface area contributed by atoms with Crippen LogP contribution in [-0.4, -0.2) is 43.6 Å². The summed E-state index contributed by atoms with van der Waals surface area (Å²) in [7, 11) is -1.16. The Labute approximate surface area is 168 Å². The second kappa shape index (κ2) is 10.7. The molecule has 1 aromatic carbocycles. The van der Waals surface area contributed by atoms with Gasteiger partial charge in [0, 0.05) is 13.0 Å². The van der Waals surface area contributed by atoms with E-state index in [0.29, 0.717) is 17.8 Å². The first-order valence-corrected chi connectivity index (χ1v) is 11.7. The Kier molecular flexibility index (Phi) is 8.93. The molecule has 4 nitrogen and oxygen atoms in total. The van der Waals surface area contributed by atoms with Gasteiger partial charge in [0.05, 0.1) is 24.7 Å². The fourth-order valence-corrected chi connectivity index (χ4v) is 5.08. The minimum atomic E-state index is -1.16. The molecule has 2 rings (SSSR count). The van der Waals surface area contributed by atoms with Gasteiger partial charge < -0.3 is 9.64 Å². The van der Waals surface area contributed by atoms with Gasteiger partial charge in [-0.3, -0.25) is 0 Å². The van der Waals surface area contributed by atoms with Crippen LogP contribution in [0.25, 0.3) is 0 Å². The summed E-state index contributed by atoms with van der Waals surface area (Å²) in [5, 5.41) is 0. The molecule has 0 aromatic heterocycles. The molecule has 1 aromatic rings. The molecule has 0 spiro atoms. The fourth-order valence-electron chi connectivity index (χ4n) is 3.59. The van der Waals surface area contributed by atoms with Gasteiger partial charge in [-0.15, -0.1) is 0 Å². The Morgan fingerprint density at radius 3 is 2.04 bits per heavy atom. The van der Waals surface area contributed by atoms with Crippen LogP contribution in [0.1, 0.15) is 82.4 Å². The van der Waals surface area contributed by atoms with Crippen molar-refractivity contribution in [3.8, 4) is 0 Å². The van der Waals surface area contributed by atoms with Gasteiger partial charge in [0.25, 0.3) is 0 Å². The third-order valence-corrected chi connectivity index (χ3v) is 6.71. The summed E-state index contributed by atoms with van der Waals surface area (Å²) in [6.45, 7) is 19.1. The molecule has 154 valence electrons. The van der Waals surface area contributed by atoms with E-state index in [0.717, 1.165) is 50.7 Å². The second-order valence-corrected chi connectivity index (χ2v) is 9.86. The Hall–Kier alpha value is -0.750. The maximum atomic E-state index is 13.2. The minimum Gasteiger partial charge on any atom is -0.370 e. The first-order chi connectivity index (χ1) is 12.8. The molecule has 27 heavy (non-hydrogen) atoms. The molecule has 0 saturated carbocycles. The highest BCUT2D eigenvalue weighted by Crippen LogP contribution is 2.33. The summed E-state index contributed by atoms with van der Waals surface area (Å²) in [5.74, 6) is 1.20. The van der Waals surface area contributed by atoms with Crippen LogP contribution in [0.4, 0.5) is 0 Å². The Bertz CT molecular complexity index is 594. The summed E-state index contributed by atoms with van der Waals surface area (Å²) in [6, 6.07) is 4.54. The number of quaternary nitrogens is 1. The second-order valence-electron chi connectivity index (χ2n) is 8.62. The van der Waals surface area contributed by atoms with E-state index in [-0.39, 0.29) is 0 Å². The zero-order valence-corrected chi connectivity index (χ0v) is 18.9. The molecule has 1 atom stereocenters. The van der Waals surface area contributed by atoms with Gasteiger partial charge in [-0.25, -0.2) is 8.93 Å². The molecule has 2 N–H and O–H groups in total. The van der Waals surface area contributed by atoms with E-state index in [9.17, 15) is 4.21 Å². The van der Waals surface area contributed by atoms with E-state index in [1.54, 1.807) is 4.90 Å². The van der Waals surface area contributed by atoms with E-state index < -0.39 is 11.0 Å². The van der Waals surface area contributed by atoms with E-state index >= 15 is 0 Å². The molecule has 0 aliphatic carbocycles. The number of rotatable bonds is 9. The molecule has 1 aliphatic rings. The lowest BCUT2D eigenvalue weighted by atomic mass is 9.89. The molecule has 5 heteroatoms. The van der Waals surface area contributed by atoms with Gasteiger partial charge in [-0.1, -0.05) is 53.7 Å². The number of benzene rings is 1. The van der Waals surface area contributed by atoms with Crippen molar-refractivity contribution < 1.29 is 13.8 Å². The van der Waals surface area contributed by atoms with Crippen molar-refractivity contribution in [1.29, 1.82) is 0 Å². The van der Waals surface area contributed by atoms with Crippen molar-refractivity contribution in [2.75, 3.05) is 39.4 Å². The fraction of sp³-hybridized carbons (Fsp3) is 0.727. The quantitative estimate of drug-likeness (QED) is 0.631. The van der Waals surface area contributed by atoms with Gasteiger partial charge in [0.15, 0.2) is 0 Å². The molecule has 0 bridgehead atoms. The van der Waals surface area contributed by atoms with E-state index in [1.807, 2.05) is 0 Å². The number of ether oxygens (including phenoxy) is 1. The van der Waals surface area contributed by atoms with Crippen molar-refractivity contribution in [3.05, 3.63) is 28.8 Å². The van der Waals surface area contributed by atoms with Gasteiger partial charge >= 0.3 is 0 Å². The van der Waals surface area contributed by atoms with E-state index in [2.05, 4.69) is 58.4 Å². The lowest BCUT2D eigenvalue weighted by Gasteiger charge is -2.24. The highest BCUT2D eigenvalue weighted by Gasteiger charge is 2.21. The predicted octanol–water partition coefficient (Wildman–Crippen LogP) is 2.97. The molecule has 0 unspecified atom stereocenters. The summed E-state index contributed by atoms with van der Waals surface area (Å²) in [5.41, 5.74) is 3.81. The molecule has 0 amide bonds. The molecule has 1 aliphatic heterocycles. The molecule has 1 heterocycles. The summed E-state index contributed by atoms with van der Waals surface area (Å²) in [4.78, 5) is 2.61. The number of nitrogens with one attached hydrogen (secondary N) is 2. The third-order valence-electron chi connectivity index (χ3n) is 5.40. The van der Waals surface area contributed by atoms with Gasteiger partial charge in [-0.2, -0.15) is 0 Å². The molecular formula is C22H39N2O2S+. The zero-order chi connectivity index (χ0) is 20.0. The van der Waals surface area contributed by atoms with Crippen molar-refractivity contribution in [3.63, 3.8) is 0 Å². The smallest absolute Gasteiger partial charge is 0.125 e. The number of hydrogen-bond donors (Lipinski definition) is 2. The topological polar surface area (TPSA) is 42.8 Å². The first kappa shape index (κ1) is 22.5. The van der Waals surface area contributed by atoms with Crippen LogP contribution in [0, 0.1) is 0 Å². The van der Waals surface area contributed by atoms with Crippen LogP contribution in [-0.2, 0) is 15.7 Å². The highest BCUT2D eigenvalue weighted by atomic mass is 32.2. The van der Waals surface area contributed by atoms with Crippen molar-refractivity contribution in [1.82, 2.24) is 4.72 Å². The van der Waals surface area contributed by atoms with Gasteiger partial charge in [0.2, 0.25) is 0 Å². The molecule has 1 saturated heterocycles. The van der Waals surface area contributed by atoms with Crippen LogP contribution in [0.15, 0.2) is 17.0 Å². The van der Waals surface area contributed by atoms with Gasteiger partial charge in [0.1, 0.15) is 24.1 Å². The van der Waals surface area contributed by atoms with Crippen LogP contribution < -0.4 is 9.62 Å². The van der Waals surface area contributed by atoms with Crippen molar-refractivity contribution in [2.24, 2.45) is 0 Å². The first-order valence-electron chi connectivity index (χ1n) is 10.6. The highest BCUT2D eigenvalue weighted by molar-refractivity contribution is 7.83. The summed E-state index contributed by atoms with van der Waals surface area (Å²) in [6.07, 6.45) is 1.04. The number of hydrogen-bond acceptors (Lipinski definition) is 2. The largest absolute Gasteiger partial charge is 0.370 e. The lowest BCUT2D eigenvalue weighted by molar-refractivity contribution is -0.908. The SMILES string of the molecule is CC(C)c1cc(C(C)C)c([S@@](=O)NCCC[NH+]2CCOCC2)c(C(C)C)c1. The minimum absolute atomic E-state index is 0.361. The zero-order valence-electron chi connectivity index (χ0n) is 18.1. The Morgan fingerprint density at radius 1 is 1.00 bits per heavy atom. The summed E-state index contributed by atoms with van der Waals surface area (Å²) < 4.78 is 21.9. The van der Waals surface area contributed by atoms with Crippen LogP contribution in [0.2, 0.25) is 0 Å². The molecule has 1 fully saturated rings. The van der Waals surface area contributed by atoms with Crippen LogP contribution in [0.3, 0.4) is 0 Å². The monoisotopic (exact) mass is 395 g/mol. The standard InChI is InChI=1S/C22H38N2O2S/c1-16(2)19-14-20(17(3)4)22(21(15-19)18(5)6)27(25)23-8-7-9-24-10-12-26-13-11-24/h14-18,23H,7-13H2,1-6H3/p+1/t27-/m1/s1. The Balaban J connectivity index is 2.10. The molecule has 0 radical (unpaired) electrons. The average Bonchev–Trinajstić information content (AvgIpc) is 2.64. The van der Waals surface area contributed by atoms with Crippen LogP contribution in [0.5, 0.6) is 0 Å². The van der Waals surface area contributed by atoms with Crippen molar-refractivity contribution in [2.45, 2.75) is 70.6 Å². The maximum absolute atomic E-state index is 13.2. The Morgan fingerprint density at radius 2 is 1.56 bits per heavy atom. The van der Waals surface area contributed by atoms with Crippen LogP contribution >= 0.6 is 0 Å². The lowest BCUT2D eigenvalue weighted by Crippen LogP contribution is -3.14. The van der Waals surface area contributed by atoms with E-state index in [4.69, 9.17) is 4.74 Å². The normalized spacial score (nSPS) is 17.2.